The van der Waals surface area contributed by atoms with Gasteiger partial charge in [-0.05, 0) is 42.8 Å². The van der Waals surface area contributed by atoms with E-state index >= 15 is 0 Å². The molecule has 0 amide bonds. The van der Waals surface area contributed by atoms with Gasteiger partial charge in [0.05, 0.1) is 24.4 Å². The lowest BCUT2D eigenvalue weighted by molar-refractivity contribution is 0.0398. The Balaban J connectivity index is 1.32. The quantitative estimate of drug-likeness (QED) is 0.482. The molecule has 1 saturated heterocycles. The highest BCUT2D eigenvalue weighted by Gasteiger charge is 2.12. The van der Waals surface area contributed by atoms with E-state index in [0.29, 0.717) is 4.70 Å². The standard InChI is InChI=1S/C25H26N4O2S/c1-18-2-4-19(5-3-18)23-16-22-24(32-23)25(30)29(17-27-22)21-8-6-20(7-9-21)26-10-11-28-12-14-31-15-13-28/h2-9,16-17,26H,10-15H2,1H3. The molecule has 6 nitrogen and oxygen atoms in total. The van der Waals surface area contributed by atoms with Crippen LogP contribution in [0.15, 0.2) is 65.7 Å². The number of aryl methyl sites for hydroxylation is 1. The van der Waals surface area contributed by atoms with Crippen LogP contribution in [0, 0.1) is 6.92 Å². The van der Waals surface area contributed by atoms with Crippen molar-refractivity contribution < 1.29 is 4.74 Å². The van der Waals surface area contributed by atoms with Crippen molar-refractivity contribution in [2.75, 3.05) is 44.7 Å². The van der Waals surface area contributed by atoms with Crippen molar-refractivity contribution in [2.24, 2.45) is 0 Å². The Morgan fingerprint density at radius 1 is 1.06 bits per heavy atom. The first-order valence-electron chi connectivity index (χ1n) is 10.9. The van der Waals surface area contributed by atoms with Gasteiger partial charge in [0.25, 0.3) is 5.56 Å². The molecule has 3 heterocycles. The number of nitrogens with zero attached hydrogens (tertiary/aromatic N) is 3. The lowest BCUT2D eigenvalue weighted by atomic mass is 10.1. The number of fused-ring (bicyclic) bond motifs is 1. The number of morpholine rings is 1. The first-order valence-corrected chi connectivity index (χ1v) is 11.7. The van der Waals surface area contributed by atoms with Gasteiger partial charge in [-0.1, -0.05) is 29.8 Å². The van der Waals surface area contributed by atoms with Gasteiger partial charge in [-0.2, -0.15) is 0 Å². The number of aromatic nitrogens is 2. The summed E-state index contributed by atoms with van der Waals surface area (Å²) in [5.74, 6) is 0. The predicted octanol–water partition coefficient (Wildman–Crippen LogP) is 4.17. The van der Waals surface area contributed by atoms with Gasteiger partial charge in [0.15, 0.2) is 0 Å². The molecule has 1 aliphatic heterocycles. The van der Waals surface area contributed by atoms with Gasteiger partial charge in [-0.15, -0.1) is 11.3 Å². The second kappa shape index (κ2) is 9.24. The van der Waals surface area contributed by atoms with Crippen molar-refractivity contribution in [1.29, 1.82) is 0 Å². The molecule has 164 valence electrons. The SMILES string of the molecule is Cc1ccc(-c2cc3ncn(-c4ccc(NCCN5CCOCC5)cc4)c(=O)c3s2)cc1. The Morgan fingerprint density at radius 2 is 1.81 bits per heavy atom. The van der Waals surface area contributed by atoms with Crippen LogP contribution in [0.1, 0.15) is 5.56 Å². The van der Waals surface area contributed by atoms with E-state index in [-0.39, 0.29) is 5.56 Å². The second-order valence-corrected chi connectivity index (χ2v) is 9.09. The molecule has 0 unspecified atom stereocenters. The molecule has 5 rings (SSSR count). The minimum Gasteiger partial charge on any atom is -0.384 e. The number of benzene rings is 2. The van der Waals surface area contributed by atoms with Gasteiger partial charge in [-0.3, -0.25) is 14.3 Å². The zero-order chi connectivity index (χ0) is 21.9. The molecule has 2 aromatic carbocycles. The smallest absolute Gasteiger partial charge is 0.275 e. The fourth-order valence-corrected chi connectivity index (χ4v) is 4.93. The Bertz CT molecular complexity index is 1260. The monoisotopic (exact) mass is 446 g/mol. The van der Waals surface area contributed by atoms with Crippen molar-refractivity contribution in [2.45, 2.75) is 6.92 Å². The number of rotatable bonds is 6. The van der Waals surface area contributed by atoms with Crippen molar-refractivity contribution >= 4 is 27.2 Å². The number of hydrogen-bond donors (Lipinski definition) is 1. The molecule has 0 saturated carbocycles. The Labute approximate surface area is 191 Å². The highest BCUT2D eigenvalue weighted by Crippen LogP contribution is 2.31. The molecule has 0 bridgehead atoms. The Kier molecular flexibility index (Phi) is 6.03. The van der Waals surface area contributed by atoms with E-state index in [1.807, 2.05) is 30.3 Å². The molecule has 1 N–H and O–H groups in total. The molecule has 0 aliphatic carbocycles. The van der Waals surface area contributed by atoms with Crippen LogP contribution in [0.5, 0.6) is 0 Å². The third-order valence-corrected chi connectivity index (χ3v) is 6.94. The number of ether oxygens (including phenoxy) is 1. The van der Waals surface area contributed by atoms with Crippen LogP contribution in [0.3, 0.4) is 0 Å². The van der Waals surface area contributed by atoms with E-state index in [4.69, 9.17) is 4.74 Å². The summed E-state index contributed by atoms with van der Waals surface area (Å²) in [4.78, 5) is 21.2. The lowest BCUT2D eigenvalue weighted by Gasteiger charge is -2.26. The first-order chi connectivity index (χ1) is 15.7. The molecule has 32 heavy (non-hydrogen) atoms. The molecule has 1 fully saturated rings. The van der Waals surface area contributed by atoms with E-state index in [2.05, 4.69) is 46.4 Å². The average Bonchev–Trinajstić information content (AvgIpc) is 3.27. The van der Waals surface area contributed by atoms with Crippen molar-refractivity contribution in [3.05, 3.63) is 76.8 Å². The summed E-state index contributed by atoms with van der Waals surface area (Å²) in [5, 5.41) is 3.46. The highest BCUT2D eigenvalue weighted by molar-refractivity contribution is 7.22. The lowest BCUT2D eigenvalue weighted by Crippen LogP contribution is -2.38. The normalized spacial score (nSPS) is 14.7. The first kappa shape index (κ1) is 20.9. The van der Waals surface area contributed by atoms with Gasteiger partial charge in [-0.25, -0.2) is 4.98 Å². The average molecular weight is 447 g/mol. The summed E-state index contributed by atoms with van der Waals surface area (Å²) < 4.78 is 7.69. The molecule has 7 heteroatoms. The summed E-state index contributed by atoms with van der Waals surface area (Å²) in [7, 11) is 0. The maximum absolute atomic E-state index is 13.2. The van der Waals surface area contributed by atoms with Gasteiger partial charge in [0, 0.05) is 36.7 Å². The number of thiophene rings is 1. The molecular formula is C25H26N4O2S. The third kappa shape index (κ3) is 4.46. The minimum absolute atomic E-state index is 0.0358. The van der Waals surface area contributed by atoms with Gasteiger partial charge < -0.3 is 10.1 Å². The fourth-order valence-electron chi connectivity index (χ4n) is 3.88. The molecule has 0 radical (unpaired) electrons. The van der Waals surface area contributed by atoms with E-state index in [9.17, 15) is 4.79 Å². The van der Waals surface area contributed by atoms with Crippen LogP contribution >= 0.6 is 11.3 Å². The van der Waals surface area contributed by atoms with Crippen LogP contribution in [0.4, 0.5) is 5.69 Å². The Morgan fingerprint density at radius 3 is 2.56 bits per heavy atom. The zero-order valence-corrected chi connectivity index (χ0v) is 18.9. The number of anilines is 1. The van der Waals surface area contributed by atoms with Crippen LogP contribution < -0.4 is 10.9 Å². The van der Waals surface area contributed by atoms with Gasteiger partial charge >= 0.3 is 0 Å². The summed E-state index contributed by atoms with van der Waals surface area (Å²) in [6, 6.07) is 18.3. The predicted molar refractivity (Wildman–Crippen MR) is 131 cm³/mol. The van der Waals surface area contributed by atoms with Crippen LogP contribution in [-0.4, -0.2) is 53.8 Å². The van der Waals surface area contributed by atoms with Crippen LogP contribution in [-0.2, 0) is 4.74 Å². The summed E-state index contributed by atoms with van der Waals surface area (Å²) in [6.45, 7) is 7.56. The highest BCUT2D eigenvalue weighted by atomic mass is 32.1. The zero-order valence-electron chi connectivity index (χ0n) is 18.1. The maximum Gasteiger partial charge on any atom is 0.275 e. The largest absolute Gasteiger partial charge is 0.384 e. The number of nitrogens with one attached hydrogen (secondary N) is 1. The molecule has 0 atom stereocenters. The van der Waals surface area contributed by atoms with Gasteiger partial charge in [0.1, 0.15) is 11.0 Å². The Hall–Kier alpha value is -3.00. The van der Waals surface area contributed by atoms with E-state index in [0.717, 1.165) is 66.7 Å². The third-order valence-electron chi connectivity index (χ3n) is 5.78. The van der Waals surface area contributed by atoms with E-state index in [1.165, 1.54) is 16.9 Å². The van der Waals surface area contributed by atoms with Gasteiger partial charge in [0.2, 0.25) is 0 Å². The van der Waals surface area contributed by atoms with Crippen molar-refractivity contribution in [3.63, 3.8) is 0 Å². The molecule has 1 aliphatic rings. The molecule has 2 aromatic heterocycles. The minimum atomic E-state index is -0.0358. The van der Waals surface area contributed by atoms with Crippen molar-refractivity contribution in [3.8, 4) is 16.1 Å². The van der Waals surface area contributed by atoms with Crippen molar-refractivity contribution in [1.82, 2.24) is 14.5 Å². The van der Waals surface area contributed by atoms with Crippen LogP contribution in [0.2, 0.25) is 0 Å². The number of hydrogen-bond acceptors (Lipinski definition) is 6. The summed E-state index contributed by atoms with van der Waals surface area (Å²) in [5.41, 5.74) is 4.89. The molecule has 4 aromatic rings. The van der Waals surface area contributed by atoms with E-state index < -0.39 is 0 Å². The van der Waals surface area contributed by atoms with Crippen LogP contribution in [0.25, 0.3) is 26.3 Å². The fraction of sp³-hybridized carbons (Fsp3) is 0.280. The van der Waals surface area contributed by atoms with E-state index in [1.54, 1.807) is 10.9 Å². The molecule has 0 spiro atoms. The molecular weight excluding hydrogens is 420 g/mol. The second-order valence-electron chi connectivity index (χ2n) is 8.04. The summed E-state index contributed by atoms with van der Waals surface area (Å²) in [6.07, 6.45) is 1.62. The maximum atomic E-state index is 13.2. The topological polar surface area (TPSA) is 59.4 Å². The summed E-state index contributed by atoms with van der Waals surface area (Å²) >= 11 is 1.50.